The molecule has 2 aromatic carbocycles. The molecule has 1 heterocycles. The van der Waals surface area contributed by atoms with E-state index in [0.29, 0.717) is 12.3 Å². The van der Waals surface area contributed by atoms with Gasteiger partial charge in [-0.25, -0.2) is 0 Å². The molecule has 8 heteroatoms. The number of amides is 1. The summed E-state index contributed by atoms with van der Waals surface area (Å²) >= 11 is 0. The summed E-state index contributed by atoms with van der Waals surface area (Å²) in [6, 6.07) is 18.1. The molecule has 0 fully saturated rings. The zero-order valence-corrected chi connectivity index (χ0v) is 19.3. The van der Waals surface area contributed by atoms with Gasteiger partial charge in [-0.05, 0) is 41.6 Å². The van der Waals surface area contributed by atoms with Crippen molar-refractivity contribution in [3.63, 3.8) is 0 Å². The van der Waals surface area contributed by atoms with Gasteiger partial charge in [0.15, 0.2) is 12.6 Å². The van der Waals surface area contributed by atoms with Crippen LogP contribution in [0.15, 0.2) is 65.8 Å². The molecule has 0 aliphatic heterocycles. The first-order chi connectivity index (χ1) is 14.2. The third-order valence-corrected chi connectivity index (χ3v) is 4.51. The van der Waals surface area contributed by atoms with Crippen molar-refractivity contribution in [2.45, 2.75) is 19.5 Å². The minimum Gasteiger partial charge on any atom is -0.484 e. The Balaban J connectivity index is 0.00000320. The minimum absolute atomic E-state index is 0. The number of guanidine groups is 1. The zero-order valence-electron chi connectivity index (χ0n) is 17.0. The number of aromatic nitrogens is 1. The number of hydrogen-bond acceptors (Lipinski definition) is 3. The van der Waals surface area contributed by atoms with Gasteiger partial charge in [-0.15, -0.1) is 24.0 Å². The number of nitrogens with zero attached hydrogens (tertiary/aromatic N) is 2. The second kappa shape index (κ2) is 12.1. The molecule has 0 spiro atoms. The quantitative estimate of drug-likeness (QED) is 0.175. The lowest BCUT2D eigenvalue weighted by molar-refractivity contribution is -0.119. The van der Waals surface area contributed by atoms with Crippen LogP contribution in [-0.2, 0) is 17.9 Å². The van der Waals surface area contributed by atoms with Crippen LogP contribution in [0.1, 0.15) is 12.0 Å². The second-order valence-corrected chi connectivity index (χ2v) is 6.68. The number of rotatable bonds is 9. The summed E-state index contributed by atoms with van der Waals surface area (Å²) in [5, 5.41) is 7.89. The fourth-order valence-corrected chi connectivity index (χ4v) is 3.10. The molecule has 0 unspecified atom stereocenters. The fraction of sp³-hybridized carbons (Fsp3) is 0.273. The summed E-state index contributed by atoms with van der Waals surface area (Å²) in [5.74, 6) is 0.863. The maximum atomic E-state index is 10.8. The van der Waals surface area contributed by atoms with Crippen molar-refractivity contribution in [3.05, 3.63) is 66.4 Å². The maximum Gasteiger partial charge on any atom is 0.255 e. The molecule has 0 atom stereocenters. The lowest BCUT2D eigenvalue weighted by Gasteiger charge is -2.13. The Morgan fingerprint density at radius 1 is 1.13 bits per heavy atom. The molecule has 7 nitrogen and oxygen atoms in total. The third kappa shape index (κ3) is 6.94. The van der Waals surface area contributed by atoms with E-state index in [9.17, 15) is 4.79 Å². The number of primary amides is 1. The van der Waals surface area contributed by atoms with Crippen LogP contribution in [0, 0.1) is 0 Å². The van der Waals surface area contributed by atoms with E-state index >= 15 is 0 Å². The van der Waals surface area contributed by atoms with E-state index in [4.69, 9.17) is 10.5 Å². The zero-order chi connectivity index (χ0) is 20.5. The van der Waals surface area contributed by atoms with Crippen molar-refractivity contribution < 1.29 is 9.53 Å². The highest BCUT2D eigenvalue weighted by atomic mass is 127. The van der Waals surface area contributed by atoms with Gasteiger partial charge in [0.05, 0.1) is 0 Å². The monoisotopic (exact) mass is 521 g/mol. The molecular formula is C22H28IN5O2. The number of benzene rings is 2. The van der Waals surface area contributed by atoms with Gasteiger partial charge >= 0.3 is 0 Å². The van der Waals surface area contributed by atoms with E-state index in [1.807, 2.05) is 18.2 Å². The molecule has 0 aliphatic rings. The molecule has 0 bridgehead atoms. The van der Waals surface area contributed by atoms with Gasteiger partial charge in [0.2, 0.25) is 0 Å². The smallest absolute Gasteiger partial charge is 0.255 e. The van der Waals surface area contributed by atoms with Crippen molar-refractivity contribution in [2.24, 2.45) is 10.7 Å². The predicted molar refractivity (Wildman–Crippen MR) is 131 cm³/mol. The number of ether oxygens (including phenoxy) is 1. The minimum atomic E-state index is -0.494. The van der Waals surface area contributed by atoms with E-state index in [2.05, 4.69) is 56.7 Å². The molecule has 3 rings (SSSR count). The molecule has 0 saturated heterocycles. The number of carbonyl (C=O) groups excluding carboxylic acids is 1. The first kappa shape index (κ1) is 23.5. The molecule has 0 saturated carbocycles. The predicted octanol–water partition coefficient (Wildman–Crippen LogP) is 2.88. The Kier molecular flexibility index (Phi) is 9.46. The van der Waals surface area contributed by atoms with E-state index in [1.165, 1.54) is 10.9 Å². The molecule has 30 heavy (non-hydrogen) atoms. The number of nitrogens with two attached hydrogens (primary N) is 1. The maximum absolute atomic E-state index is 10.8. The summed E-state index contributed by atoms with van der Waals surface area (Å²) in [4.78, 5) is 15.1. The van der Waals surface area contributed by atoms with Gasteiger partial charge in [-0.2, -0.15) is 0 Å². The van der Waals surface area contributed by atoms with Crippen LogP contribution in [0.4, 0.5) is 0 Å². The molecule has 0 radical (unpaired) electrons. The van der Waals surface area contributed by atoms with Crippen molar-refractivity contribution >= 4 is 46.7 Å². The largest absolute Gasteiger partial charge is 0.484 e. The van der Waals surface area contributed by atoms with Crippen molar-refractivity contribution in [3.8, 4) is 5.75 Å². The number of fused-ring (bicyclic) bond motifs is 1. The highest BCUT2D eigenvalue weighted by Crippen LogP contribution is 2.15. The highest BCUT2D eigenvalue weighted by molar-refractivity contribution is 14.0. The van der Waals surface area contributed by atoms with Crippen LogP contribution in [-0.4, -0.2) is 36.6 Å². The van der Waals surface area contributed by atoms with Gasteiger partial charge in [-0.1, -0.05) is 30.3 Å². The number of nitrogens with one attached hydrogen (secondary N) is 2. The van der Waals surface area contributed by atoms with E-state index in [-0.39, 0.29) is 30.6 Å². The van der Waals surface area contributed by atoms with E-state index < -0.39 is 5.91 Å². The summed E-state index contributed by atoms with van der Waals surface area (Å²) in [6.07, 6.45) is 3.11. The first-order valence-electron chi connectivity index (χ1n) is 9.64. The van der Waals surface area contributed by atoms with Gasteiger partial charge in [0, 0.05) is 38.4 Å². The Hall–Kier alpha value is -2.75. The van der Waals surface area contributed by atoms with Crippen LogP contribution in [0.3, 0.4) is 0 Å². The number of para-hydroxylation sites is 1. The van der Waals surface area contributed by atoms with Gasteiger partial charge in [0.25, 0.3) is 5.91 Å². The normalized spacial score (nSPS) is 11.0. The lowest BCUT2D eigenvalue weighted by atomic mass is 10.2. The lowest BCUT2D eigenvalue weighted by Crippen LogP contribution is -2.37. The van der Waals surface area contributed by atoms with E-state index in [0.717, 1.165) is 31.0 Å². The fourth-order valence-electron chi connectivity index (χ4n) is 3.10. The molecule has 4 N–H and O–H groups in total. The van der Waals surface area contributed by atoms with Gasteiger partial charge in [0.1, 0.15) is 5.75 Å². The summed E-state index contributed by atoms with van der Waals surface area (Å²) in [7, 11) is 1.75. The molecule has 1 aromatic heterocycles. The highest BCUT2D eigenvalue weighted by Gasteiger charge is 2.03. The van der Waals surface area contributed by atoms with E-state index in [1.54, 1.807) is 13.1 Å². The Bertz CT molecular complexity index is 986. The second-order valence-electron chi connectivity index (χ2n) is 6.68. The average molecular weight is 521 g/mol. The van der Waals surface area contributed by atoms with Gasteiger partial charge < -0.3 is 25.7 Å². The SMILES string of the molecule is CN=C(NCCCn1ccc2ccccc21)NCc1cccc(OCC(N)=O)c1.I. The van der Waals surface area contributed by atoms with Crippen LogP contribution < -0.4 is 21.1 Å². The number of carbonyl (C=O) groups is 1. The Labute approximate surface area is 193 Å². The number of hydrogen-bond donors (Lipinski definition) is 3. The summed E-state index contributed by atoms with van der Waals surface area (Å²) < 4.78 is 7.60. The number of aliphatic imine (C=N–C) groups is 1. The molecule has 160 valence electrons. The van der Waals surface area contributed by atoms with Crippen LogP contribution in [0.5, 0.6) is 5.75 Å². The standard InChI is InChI=1S/C22H27N5O2.HI/c1-24-22(26-15-17-6-4-8-19(14-17)29-16-21(23)28)25-11-5-12-27-13-10-18-7-2-3-9-20(18)27;/h2-4,6-10,13-14H,5,11-12,15-16H2,1H3,(H2,23,28)(H2,24,25,26);1H. The molecule has 3 aromatic rings. The molecule has 0 aliphatic carbocycles. The van der Waals surface area contributed by atoms with Crippen LogP contribution in [0.2, 0.25) is 0 Å². The van der Waals surface area contributed by atoms with Crippen molar-refractivity contribution in [1.82, 2.24) is 15.2 Å². The first-order valence-corrected chi connectivity index (χ1v) is 9.64. The number of halogens is 1. The Morgan fingerprint density at radius 2 is 1.97 bits per heavy atom. The summed E-state index contributed by atoms with van der Waals surface area (Å²) in [5.41, 5.74) is 7.39. The van der Waals surface area contributed by atoms with Crippen molar-refractivity contribution in [2.75, 3.05) is 20.2 Å². The third-order valence-electron chi connectivity index (χ3n) is 4.51. The molecular weight excluding hydrogens is 493 g/mol. The summed E-state index contributed by atoms with van der Waals surface area (Å²) in [6.45, 7) is 2.22. The Morgan fingerprint density at radius 3 is 2.77 bits per heavy atom. The van der Waals surface area contributed by atoms with Crippen LogP contribution >= 0.6 is 24.0 Å². The molecule has 1 amide bonds. The van der Waals surface area contributed by atoms with Crippen molar-refractivity contribution in [1.29, 1.82) is 0 Å². The van der Waals surface area contributed by atoms with Crippen LogP contribution in [0.25, 0.3) is 10.9 Å². The topological polar surface area (TPSA) is 93.7 Å². The average Bonchev–Trinajstić information content (AvgIpc) is 3.15. The number of aryl methyl sites for hydroxylation is 1. The van der Waals surface area contributed by atoms with Gasteiger partial charge in [-0.3, -0.25) is 9.79 Å².